The zero-order chi connectivity index (χ0) is 14.5. The molecule has 6 heteroatoms. The molecule has 1 N–H and O–H groups in total. The number of rotatable bonds is 6. The van der Waals surface area contributed by atoms with Crippen molar-refractivity contribution in [1.82, 2.24) is 9.78 Å². The number of hydrogen-bond donors (Lipinski definition) is 1. The average Bonchev–Trinajstić information content (AvgIpc) is 3.19. The highest BCUT2D eigenvalue weighted by atomic mass is 16.5. The Labute approximate surface area is 124 Å². The minimum atomic E-state index is -0.112. The van der Waals surface area contributed by atoms with Gasteiger partial charge in [0.1, 0.15) is 6.61 Å². The Morgan fingerprint density at radius 2 is 2.24 bits per heavy atom. The maximum absolute atomic E-state index is 11.8. The first kappa shape index (κ1) is 14.5. The fraction of sp³-hybridized carbons (Fsp3) is 0.733. The van der Waals surface area contributed by atoms with Crippen LogP contribution in [-0.4, -0.2) is 41.1 Å². The van der Waals surface area contributed by atoms with Gasteiger partial charge in [-0.05, 0) is 25.7 Å². The zero-order valence-corrected chi connectivity index (χ0v) is 12.3. The van der Waals surface area contributed by atoms with Gasteiger partial charge < -0.3 is 14.8 Å². The Morgan fingerprint density at radius 1 is 1.38 bits per heavy atom. The van der Waals surface area contributed by atoms with E-state index in [1.807, 2.05) is 10.9 Å². The fourth-order valence-electron chi connectivity index (χ4n) is 2.97. The number of carbonyl (C=O) groups is 1. The number of ether oxygens (including phenoxy) is 2. The van der Waals surface area contributed by atoms with E-state index >= 15 is 0 Å². The molecule has 1 aliphatic heterocycles. The van der Waals surface area contributed by atoms with Crippen molar-refractivity contribution in [2.45, 2.75) is 57.3 Å². The van der Waals surface area contributed by atoms with Crippen molar-refractivity contribution >= 4 is 11.6 Å². The first-order valence-corrected chi connectivity index (χ1v) is 7.85. The third-order valence-electron chi connectivity index (χ3n) is 4.08. The molecular formula is C15H23N3O3. The summed E-state index contributed by atoms with van der Waals surface area (Å²) in [5.41, 5.74) is 0.716. The molecule has 0 spiro atoms. The zero-order valence-electron chi connectivity index (χ0n) is 12.3. The Balaban J connectivity index is 1.41. The quantitative estimate of drug-likeness (QED) is 0.870. The van der Waals surface area contributed by atoms with Crippen LogP contribution in [-0.2, 0) is 20.8 Å². The lowest BCUT2D eigenvalue weighted by molar-refractivity contribution is -0.122. The molecule has 1 amide bonds. The predicted octanol–water partition coefficient (Wildman–Crippen LogP) is 1.96. The predicted molar refractivity (Wildman–Crippen MR) is 78.0 cm³/mol. The van der Waals surface area contributed by atoms with E-state index in [4.69, 9.17) is 9.47 Å². The third-order valence-corrected chi connectivity index (χ3v) is 4.08. The molecule has 0 radical (unpaired) electrons. The topological polar surface area (TPSA) is 65.4 Å². The molecule has 21 heavy (non-hydrogen) atoms. The minimum absolute atomic E-state index is 0.112. The van der Waals surface area contributed by atoms with Gasteiger partial charge in [0.05, 0.1) is 30.6 Å². The van der Waals surface area contributed by atoms with E-state index in [1.165, 1.54) is 12.8 Å². The Bertz CT molecular complexity index is 462. The molecule has 116 valence electrons. The highest BCUT2D eigenvalue weighted by Crippen LogP contribution is 2.20. The van der Waals surface area contributed by atoms with Crippen LogP contribution in [0, 0.1) is 0 Å². The van der Waals surface area contributed by atoms with Crippen LogP contribution in [0.4, 0.5) is 5.69 Å². The van der Waals surface area contributed by atoms with Gasteiger partial charge in [-0.2, -0.15) is 5.10 Å². The molecule has 2 heterocycles. The van der Waals surface area contributed by atoms with Crippen LogP contribution in [0.25, 0.3) is 0 Å². The van der Waals surface area contributed by atoms with Crippen LogP contribution >= 0.6 is 0 Å². The van der Waals surface area contributed by atoms with E-state index in [0.29, 0.717) is 5.69 Å². The van der Waals surface area contributed by atoms with Gasteiger partial charge in [-0.1, -0.05) is 12.8 Å². The normalized spacial score (nSPS) is 22.8. The Kier molecular flexibility index (Phi) is 4.87. The number of aromatic nitrogens is 2. The van der Waals surface area contributed by atoms with Crippen molar-refractivity contribution in [2.75, 3.05) is 18.5 Å². The van der Waals surface area contributed by atoms with Gasteiger partial charge >= 0.3 is 0 Å². The second-order valence-electron chi connectivity index (χ2n) is 5.85. The second kappa shape index (κ2) is 7.04. The van der Waals surface area contributed by atoms with Gasteiger partial charge in [0.25, 0.3) is 0 Å². The van der Waals surface area contributed by atoms with Crippen molar-refractivity contribution in [3.05, 3.63) is 12.4 Å². The molecule has 0 bridgehead atoms. The lowest BCUT2D eigenvalue weighted by Gasteiger charge is -2.10. The number of amides is 1. The lowest BCUT2D eigenvalue weighted by atomic mass is 10.2. The summed E-state index contributed by atoms with van der Waals surface area (Å²) in [6, 6.07) is 0. The number of nitrogens with one attached hydrogen (secondary N) is 1. The monoisotopic (exact) mass is 293 g/mol. The van der Waals surface area contributed by atoms with Crippen molar-refractivity contribution in [1.29, 1.82) is 0 Å². The van der Waals surface area contributed by atoms with Gasteiger partial charge in [0.15, 0.2) is 0 Å². The fourth-order valence-corrected chi connectivity index (χ4v) is 2.97. The highest BCUT2D eigenvalue weighted by molar-refractivity contribution is 5.91. The summed E-state index contributed by atoms with van der Waals surface area (Å²) in [5.74, 6) is -0.112. The van der Waals surface area contributed by atoms with E-state index in [9.17, 15) is 4.79 Å². The van der Waals surface area contributed by atoms with E-state index < -0.39 is 0 Å². The molecule has 2 fully saturated rings. The van der Waals surface area contributed by atoms with Crippen LogP contribution < -0.4 is 5.32 Å². The molecule has 2 aliphatic rings. The van der Waals surface area contributed by atoms with Crippen molar-refractivity contribution in [3.8, 4) is 0 Å². The maximum Gasteiger partial charge on any atom is 0.250 e. The number of carbonyl (C=O) groups excluding carboxylic acids is 1. The summed E-state index contributed by atoms with van der Waals surface area (Å²) in [5, 5.41) is 7.07. The molecule has 1 aromatic heterocycles. The van der Waals surface area contributed by atoms with Gasteiger partial charge in [0.2, 0.25) is 5.91 Å². The smallest absolute Gasteiger partial charge is 0.250 e. The van der Waals surface area contributed by atoms with Crippen LogP contribution in [0.5, 0.6) is 0 Å². The Morgan fingerprint density at radius 3 is 3.00 bits per heavy atom. The summed E-state index contributed by atoms with van der Waals surface area (Å²) in [6.45, 7) is 1.71. The summed E-state index contributed by atoms with van der Waals surface area (Å²) < 4.78 is 13.0. The van der Waals surface area contributed by atoms with Gasteiger partial charge in [-0.15, -0.1) is 0 Å². The average molecular weight is 293 g/mol. The summed E-state index contributed by atoms with van der Waals surface area (Å²) in [4.78, 5) is 11.8. The molecule has 1 aliphatic carbocycles. The van der Waals surface area contributed by atoms with Crippen LogP contribution in [0.1, 0.15) is 38.5 Å². The molecule has 0 unspecified atom stereocenters. The van der Waals surface area contributed by atoms with Crippen LogP contribution in [0.15, 0.2) is 12.4 Å². The number of nitrogens with zero attached hydrogens (tertiary/aromatic N) is 2. The van der Waals surface area contributed by atoms with Crippen LogP contribution in [0.2, 0.25) is 0 Å². The highest BCUT2D eigenvalue weighted by Gasteiger charge is 2.18. The molecule has 6 nitrogen and oxygen atoms in total. The van der Waals surface area contributed by atoms with Gasteiger partial charge in [0, 0.05) is 12.8 Å². The second-order valence-corrected chi connectivity index (χ2v) is 5.85. The van der Waals surface area contributed by atoms with E-state index in [1.54, 1.807) is 6.20 Å². The molecule has 1 saturated carbocycles. The minimum Gasteiger partial charge on any atom is -0.376 e. The standard InChI is InChI=1S/C15H23N3O3/c19-15(11-21-13-4-1-2-5-13)17-12-8-16-18(9-12)10-14-6-3-7-20-14/h8-9,13-14H,1-7,10-11H2,(H,17,19)/t14-/m0/s1. The third kappa shape index (κ3) is 4.28. The molecule has 0 aromatic carbocycles. The lowest BCUT2D eigenvalue weighted by Crippen LogP contribution is -2.21. The molecule has 1 aromatic rings. The molecule has 1 atom stereocenters. The molecule has 1 saturated heterocycles. The summed E-state index contributed by atoms with van der Waals surface area (Å²) in [6.07, 6.45) is 10.8. The van der Waals surface area contributed by atoms with Gasteiger partial charge in [-0.3, -0.25) is 9.48 Å². The Hall–Kier alpha value is -1.40. The first-order chi connectivity index (χ1) is 10.3. The van der Waals surface area contributed by atoms with Crippen molar-refractivity contribution in [3.63, 3.8) is 0 Å². The maximum atomic E-state index is 11.8. The summed E-state index contributed by atoms with van der Waals surface area (Å²) in [7, 11) is 0. The molecule has 3 rings (SSSR count). The molecular weight excluding hydrogens is 270 g/mol. The first-order valence-electron chi connectivity index (χ1n) is 7.85. The number of anilines is 1. The van der Waals surface area contributed by atoms with E-state index in [0.717, 1.165) is 38.8 Å². The SMILES string of the molecule is O=C(COC1CCCC1)Nc1cnn(C[C@@H]2CCCO2)c1. The van der Waals surface area contributed by atoms with Crippen molar-refractivity contribution < 1.29 is 14.3 Å². The van der Waals surface area contributed by atoms with Crippen LogP contribution in [0.3, 0.4) is 0 Å². The van der Waals surface area contributed by atoms with Crippen molar-refractivity contribution in [2.24, 2.45) is 0 Å². The largest absolute Gasteiger partial charge is 0.376 e. The van der Waals surface area contributed by atoms with Gasteiger partial charge in [-0.25, -0.2) is 0 Å². The summed E-state index contributed by atoms with van der Waals surface area (Å²) >= 11 is 0. The van der Waals surface area contributed by atoms with E-state index in [2.05, 4.69) is 10.4 Å². The number of hydrogen-bond acceptors (Lipinski definition) is 4. The van der Waals surface area contributed by atoms with E-state index in [-0.39, 0.29) is 24.7 Å².